The molecule has 1 saturated heterocycles. The van der Waals surface area contributed by atoms with Gasteiger partial charge in [-0.3, -0.25) is 4.79 Å². The molecule has 0 aliphatic carbocycles. The van der Waals surface area contributed by atoms with Gasteiger partial charge in [-0.1, -0.05) is 29.8 Å². The van der Waals surface area contributed by atoms with Gasteiger partial charge in [0, 0.05) is 35.5 Å². The lowest BCUT2D eigenvalue weighted by Crippen LogP contribution is -2.28. The van der Waals surface area contributed by atoms with Crippen LogP contribution >= 0.6 is 0 Å². The van der Waals surface area contributed by atoms with Crippen molar-refractivity contribution in [1.82, 2.24) is 4.90 Å². The highest BCUT2D eigenvalue weighted by Gasteiger charge is 2.20. The summed E-state index contributed by atoms with van der Waals surface area (Å²) in [5, 5.41) is 1.01. The first-order valence-corrected chi connectivity index (χ1v) is 9.48. The monoisotopic (exact) mass is 347 g/mol. The van der Waals surface area contributed by atoms with Gasteiger partial charge in [-0.05, 0) is 57.5 Å². The Hall–Kier alpha value is -2.39. The largest absolute Gasteiger partial charge is 0.461 e. The molecule has 26 heavy (non-hydrogen) atoms. The molecule has 2 aromatic carbocycles. The van der Waals surface area contributed by atoms with Crippen LogP contribution in [0, 0.1) is 6.92 Å². The zero-order chi connectivity index (χ0) is 18.1. The molecule has 4 rings (SSSR count). The summed E-state index contributed by atoms with van der Waals surface area (Å²) in [6.45, 7) is 6.55. The Balaban J connectivity index is 1.52. The topological polar surface area (TPSA) is 33.5 Å². The minimum absolute atomic E-state index is 0.0561. The van der Waals surface area contributed by atoms with Gasteiger partial charge in [-0.15, -0.1) is 0 Å². The van der Waals surface area contributed by atoms with E-state index in [1.807, 2.05) is 49.4 Å². The lowest BCUT2D eigenvalue weighted by molar-refractivity contribution is 0.103. The van der Waals surface area contributed by atoms with Crippen molar-refractivity contribution in [2.45, 2.75) is 39.2 Å². The van der Waals surface area contributed by atoms with E-state index in [1.54, 1.807) is 0 Å². The fourth-order valence-electron chi connectivity index (χ4n) is 3.81. The zero-order valence-corrected chi connectivity index (χ0v) is 15.5. The van der Waals surface area contributed by atoms with Gasteiger partial charge in [0.05, 0.1) is 0 Å². The van der Waals surface area contributed by atoms with Crippen molar-refractivity contribution in [1.29, 1.82) is 0 Å². The molecule has 0 saturated carbocycles. The summed E-state index contributed by atoms with van der Waals surface area (Å²) in [7, 11) is 0. The summed E-state index contributed by atoms with van der Waals surface area (Å²) in [6, 6.07) is 16.2. The van der Waals surface area contributed by atoms with Crippen molar-refractivity contribution >= 4 is 16.8 Å². The molecule has 0 amide bonds. The van der Waals surface area contributed by atoms with E-state index in [2.05, 4.69) is 17.9 Å². The van der Waals surface area contributed by atoms with Crippen LogP contribution in [0.2, 0.25) is 0 Å². The van der Waals surface area contributed by atoms with Gasteiger partial charge in [0.1, 0.15) is 11.3 Å². The van der Waals surface area contributed by atoms with Crippen molar-refractivity contribution in [3.05, 3.63) is 71.0 Å². The van der Waals surface area contributed by atoms with Crippen LogP contribution in [0.1, 0.15) is 47.0 Å². The van der Waals surface area contributed by atoms with E-state index in [4.69, 9.17) is 4.42 Å². The maximum atomic E-state index is 12.7. The van der Waals surface area contributed by atoms with Crippen LogP contribution in [-0.2, 0) is 6.42 Å². The number of aryl methyl sites for hydroxylation is 1. The summed E-state index contributed by atoms with van der Waals surface area (Å²) in [5.41, 5.74) is 3.45. The molecule has 1 aliphatic rings. The second-order valence-corrected chi connectivity index (χ2v) is 7.44. The van der Waals surface area contributed by atoms with E-state index in [1.165, 1.54) is 19.4 Å². The third-order valence-electron chi connectivity index (χ3n) is 5.48. The van der Waals surface area contributed by atoms with E-state index in [0.29, 0.717) is 11.6 Å². The average Bonchev–Trinajstić information content (AvgIpc) is 3.24. The van der Waals surface area contributed by atoms with Gasteiger partial charge >= 0.3 is 0 Å². The van der Waals surface area contributed by atoms with Crippen LogP contribution in [0.25, 0.3) is 11.0 Å². The van der Waals surface area contributed by atoms with Gasteiger partial charge in [-0.2, -0.15) is 0 Å². The maximum absolute atomic E-state index is 12.7. The Labute approximate surface area is 154 Å². The molecular weight excluding hydrogens is 322 g/mol. The van der Waals surface area contributed by atoms with E-state index >= 15 is 0 Å². The maximum Gasteiger partial charge on any atom is 0.193 e. The first-order valence-electron chi connectivity index (χ1n) is 9.48. The average molecular weight is 347 g/mol. The summed E-state index contributed by atoms with van der Waals surface area (Å²) in [4.78, 5) is 15.2. The second kappa shape index (κ2) is 7.08. The summed E-state index contributed by atoms with van der Waals surface area (Å²) >= 11 is 0. The molecule has 3 heteroatoms. The van der Waals surface area contributed by atoms with Gasteiger partial charge < -0.3 is 9.32 Å². The Kier molecular flexibility index (Phi) is 4.64. The van der Waals surface area contributed by atoms with Crippen molar-refractivity contribution in [2.75, 3.05) is 13.1 Å². The standard InChI is InChI=1S/C23H25NO2/c1-16-5-7-18(8-6-16)23(25)19-9-10-22-20(14-19)15-21(26-22)11-13-24-12-3-4-17(24)2/h5-10,14-15,17H,3-4,11-13H2,1-2H3. The van der Waals surface area contributed by atoms with E-state index in [9.17, 15) is 4.79 Å². The molecule has 0 spiro atoms. The number of benzene rings is 2. The van der Waals surface area contributed by atoms with Crippen molar-refractivity contribution in [2.24, 2.45) is 0 Å². The number of carbonyl (C=O) groups is 1. The molecule has 3 nitrogen and oxygen atoms in total. The third-order valence-corrected chi connectivity index (χ3v) is 5.48. The van der Waals surface area contributed by atoms with Crippen molar-refractivity contribution in [3.63, 3.8) is 0 Å². The predicted molar refractivity (Wildman–Crippen MR) is 105 cm³/mol. The minimum Gasteiger partial charge on any atom is -0.461 e. The summed E-state index contributed by atoms with van der Waals surface area (Å²) < 4.78 is 5.98. The molecule has 2 heterocycles. The molecule has 134 valence electrons. The molecule has 0 radical (unpaired) electrons. The first-order chi connectivity index (χ1) is 12.6. The Morgan fingerprint density at radius 3 is 2.62 bits per heavy atom. The molecule has 1 aliphatic heterocycles. The number of hydrogen-bond acceptors (Lipinski definition) is 3. The second-order valence-electron chi connectivity index (χ2n) is 7.44. The number of furan rings is 1. The fourth-order valence-corrected chi connectivity index (χ4v) is 3.81. The van der Waals surface area contributed by atoms with Crippen LogP contribution in [0.5, 0.6) is 0 Å². The molecule has 0 N–H and O–H groups in total. The van der Waals surface area contributed by atoms with E-state index in [-0.39, 0.29) is 5.78 Å². The molecule has 3 aromatic rings. The lowest BCUT2D eigenvalue weighted by atomic mass is 10.0. The minimum atomic E-state index is 0.0561. The van der Waals surface area contributed by atoms with Gasteiger partial charge in [0.15, 0.2) is 5.78 Å². The zero-order valence-electron chi connectivity index (χ0n) is 15.5. The van der Waals surface area contributed by atoms with Crippen LogP contribution < -0.4 is 0 Å². The Morgan fingerprint density at radius 2 is 1.88 bits per heavy atom. The summed E-state index contributed by atoms with van der Waals surface area (Å²) in [5.74, 6) is 1.06. The smallest absolute Gasteiger partial charge is 0.193 e. The van der Waals surface area contributed by atoms with Crippen molar-refractivity contribution in [3.8, 4) is 0 Å². The lowest BCUT2D eigenvalue weighted by Gasteiger charge is -2.19. The highest BCUT2D eigenvalue weighted by Crippen LogP contribution is 2.24. The SMILES string of the molecule is Cc1ccc(C(=O)c2ccc3oc(CCN4CCCC4C)cc3c2)cc1. The molecule has 1 atom stereocenters. The number of ketones is 1. The van der Waals surface area contributed by atoms with Gasteiger partial charge in [0.25, 0.3) is 0 Å². The number of likely N-dealkylation sites (tertiary alicyclic amines) is 1. The van der Waals surface area contributed by atoms with Crippen LogP contribution in [0.3, 0.4) is 0 Å². The predicted octanol–water partition coefficient (Wildman–Crippen LogP) is 5.00. The van der Waals surface area contributed by atoms with Crippen LogP contribution in [0.4, 0.5) is 0 Å². The molecule has 1 aromatic heterocycles. The molecule has 1 unspecified atom stereocenters. The Morgan fingerprint density at radius 1 is 1.12 bits per heavy atom. The first kappa shape index (κ1) is 17.0. The molecule has 0 bridgehead atoms. The number of carbonyl (C=O) groups excluding carboxylic acids is 1. The highest BCUT2D eigenvalue weighted by molar-refractivity contribution is 6.10. The molecule has 1 fully saturated rings. The van der Waals surface area contributed by atoms with Gasteiger partial charge in [-0.25, -0.2) is 0 Å². The number of rotatable bonds is 5. The van der Waals surface area contributed by atoms with E-state index < -0.39 is 0 Å². The number of nitrogens with zero attached hydrogens (tertiary/aromatic N) is 1. The normalized spacial score (nSPS) is 17.8. The molecular formula is C23H25NO2. The quantitative estimate of drug-likeness (QED) is 0.609. The van der Waals surface area contributed by atoms with Gasteiger partial charge in [0.2, 0.25) is 0 Å². The van der Waals surface area contributed by atoms with E-state index in [0.717, 1.165) is 40.8 Å². The number of hydrogen-bond donors (Lipinski definition) is 0. The van der Waals surface area contributed by atoms with Crippen LogP contribution in [-0.4, -0.2) is 29.8 Å². The Bertz CT molecular complexity index is 923. The number of fused-ring (bicyclic) bond motifs is 1. The van der Waals surface area contributed by atoms with Crippen LogP contribution in [0.15, 0.2) is 52.9 Å². The highest BCUT2D eigenvalue weighted by atomic mass is 16.3. The van der Waals surface area contributed by atoms with Crippen molar-refractivity contribution < 1.29 is 9.21 Å². The third kappa shape index (κ3) is 3.45. The summed E-state index contributed by atoms with van der Waals surface area (Å²) in [6.07, 6.45) is 3.51. The fraction of sp³-hybridized carbons (Fsp3) is 0.348.